The predicted octanol–water partition coefficient (Wildman–Crippen LogP) is 0.150. The normalized spacial score (nSPS) is 30.3. The molecule has 0 aromatic heterocycles. The van der Waals surface area contributed by atoms with Crippen LogP contribution in [0.15, 0.2) is 0 Å². The first-order valence-electron chi connectivity index (χ1n) is 6.32. The Kier molecular flexibility index (Phi) is 3.99. The minimum Gasteiger partial charge on any atom is -0.381 e. The van der Waals surface area contributed by atoms with E-state index in [0.29, 0.717) is 18.9 Å². The SMILES string of the molecule is CC1NC(=O)CCN(CCC2CCOC2)C1=O. The molecule has 2 rings (SSSR count). The van der Waals surface area contributed by atoms with Crippen LogP contribution >= 0.6 is 0 Å². The van der Waals surface area contributed by atoms with E-state index in [4.69, 9.17) is 4.74 Å². The number of nitrogens with one attached hydrogen (secondary N) is 1. The molecule has 0 aromatic rings. The maximum absolute atomic E-state index is 12.0. The molecular formula is C12H20N2O3. The fraction of sp³-hybridized carbons (Fsp3) is 0.833. The standard InChI is InChI=1S/C12H20N2O3/c1-9-12(16)14(6-3-11(15)13-9)5-2-10-4-7-17-8-10/h9-10H,2-8H2,1H3,(H,13,15). The summed E-state index contributed by atoms with van der Waals surface area (Å²) in [4.78, 5) is 25.1. The van der Waals surface area contributed by atoms with Crippen LogP contribution in [0, 0.1) is 5.92 Å². The molecule has 0 radical (unpaired) electrons. The molecule has 1 N–H and O–H groups in total. The van der Waals surface area contributed by atoms with E-state index in [-0.39, 0.29) is 17.9 Å². The fourth-order valence-corrected chi connectivity index (χ4v) is 2.37. The van der Waals surface area contributed by atoms with E-state index in [1.807, 2.05) is 0 Å². The van der Waals surface area contributed by atoms with Crippen molar-refractivity contribution in [2.45, 2.75) is 32.2 Å². The summed E-state index contributed by atoms with van der Waals surface area (Å²) in [5.41, 5.74) is 0. The van der Waals surface area contributed by atoms with E-state index >= 15 is 0 Å². The van der Waals surface area contributed by atoms with E-state index < -0.39 is 0 Å². The third-order valence-electron chi connectivity index (χ3n) is 3.50. The Morgan fingerprint density at radius 3 is 3.00 bits per heavy atom. The number of carbonyl (C=O) groups is 2. The van der Waals surface area contributed by atoms with Crippen molar-refractivity contribution in [3.63, 3.8) is 0 Å². The monoisotopic (exact) mass is 240 g/mol. The topological polar surface area (TPSA) is 58.6 Å². The molecule has 2 fully saturated rings. The lowest BCUT2D eigenvalue weighted by molar-refractivity contribution is -0.133. The van der Waals surface area contributed by atoms with Crippen molar-refractivity contribution in [3.05, 3.63) is 0 Å². The molecule has 0 saturated carbocycles. The summed E-state index contributed by atoms with van der Waals surface area (Å²) in [6.45, 7) is 4.69. The van der Waals surface area contributed by atoms with Crippen LogP contribution in [0.3, 0.4) is 0 Å². The Hall–Kier alpha value is -1.10. The highest BCUT2D eigenvalue weighted by Crippen LogP contribution is 2.17. The first kappa shape index (κ1) is 12.4. The van der Waals surface area contributed by atoms with Gasteiger partial charge in [0.25, 0.3) is 0 Å². The van der Waals surface area contributed by atoms with E-state index in [0.717, 1.165) is 32.6 Å². The smallest absolute Gasteiger partial charge is 0.244 e. The Bertz CT molecular complexity index is 300. The molecule has 0 spiro atoms. The van der Waals surface area contributed by atoms with Gasteiger partial charge in [-0.05, 0) is 25.7 Å². The summed E-state index contributed by atoms with van der Waals surface area (Å²) in [6, 6.07) is -0.384. The summed E-state index contributed by atoms with van der Waals surface area (Å²) in [7, 11) is 0. The molecule has 2 saturated heterocycles. The molecule has 2 heterocycles. The van der Waals surface area contributed by atoms with Crippen LogP contribution in [0.1, 0.15) is 26.2 Å². The zero-order chi connectivity index (χ0) is 12.3. The van der Waals surface area contributed by atoms with Crippen LogP contribution in [-0.2, 0) is 14.3 Å². The van der Waals surface area contributed by atoms with Crippen LogP contribution in [0.4, 0.5) is 0 Å². The van der Waals surface area contributed by atoms with Crippen molar-refractivity contribution < 1.29 is 14.3 Å². The van der Waals surface area contributed by atoms with Gasteiger partial charge in [0.1, 0.15) is 6.04 Å². The number of carbonyl (C=O) groups excluding carboxylic acids is 2. The molecular weight excluding hydrogens is 220 g/mol. The highest BCUT2D eigenvalue weighted by atomic mass is 16.5. The quantitative estimate of drug-likeness (QED) is 0.764. The molecule has 5 nitrogen and oxygen atoms in total. The third kappa shape index (κ3) is 3.19. The minimum atomic E-state index is -0.384. The minimum absolute atomic E-state index is 0.0300. The molecule has 96 valence electrons. The summed E-state index contributed by atoms with van der Waals surface area (Å²) >= 11 is 0. The van der Waals surface area contributed by atoms with Crippen molar-refractivity contribution in [3.8, 4) is 0 Å². The molecule has 2 aliphatic rings. The summed E-state index contributed by atoms with van der Waals surface area (Å²) in [6.07, 6.45) is 2.48. The number of nitrogens with zero attached hydrogens (tertiary/aromatic N) is 1. The summed E-state index contributed by atoms with van der Waals surface area (Å²) in [5, 5.41) is 2.69. The van der Waals surface area contributed by atoms with Crippen LogP contribution in [-0.4, -0.2) is 49.1 Å². The van der Waals surface area contributed by atoms with Crippen LogP contribution in [0.2, 0.25) is 0 Å². The van der Waals surface area contributed by atoms with Crippen LogP contribution in [0.5, 0.6) is 0 Å². The molecule has 2 amide bonds. The Morgan fingerprint density at radius 2 is 2.29 bits per heavy atom. The van der Waals surface area contributed by atoms with Gasteiger partial charge in [0.15, 0.2) is 0 Å². The van der Waals surface area contributed by atoms with E-state index in [1.165, 1.54) is 0 Å². The lowest BCUT2D eigenvalue weighted by atomic mass is 10.0. The largest absolute Gasteiger partial charge is 0.381 e. The molecule has 2 atom stereocenters. The number of ether oxygens (including phenoxy) is 1. The summed E-state index contributed by atoms with van der Waals surface area (Å²) in [5.74, 6) is 0.581. The van der Waals surface area contributed by atoms with Crippen LogP contribution < -0.4 is 5.32 Å². The van der Waals surface area contributed by atoms with Gasteiger partial charge in [-0.25, -0.2) is 0 Å². The van der Waals surface area contributed by atoms with Gasteiger partial charge in [-0.1, -0.05) is 0 Å². The first-order valence-corrected chi connectivity index (χ1v) is 6.32. The molecule has 2 aliphatic heterocycles. The number of hydrogen-bond donors (Lipinski definition) is 1. The average Bonchev–Trinajstić information content (AvgIpc) is 2.77. The highest BCUT2D eigenvalue weighted by Gasteiger charge is 2.27. The van der Waals surface area contributed by atoms with Crippen molar-refractivity contribution in [2.75, 3.05) is 26.3 Å². The Labute approximate surface area is 101 Å². The molecule has 5 heteroatoms. The van der Waals surface area contributed by atoms with E-state index in [9.17, 15) is 9.59 Å². The number of amides is 2. The molecule has 0 bridgehead atoms. The average molecular weight is 240 g/mol. The maximum Gasteiger partial charge on any atom is 0.244 e. The highest BCUT2D eigenvalue weighted by molar-refractivity contribution is 5.89. The van der Waals surface area contributed by atoms with E-state index in [2.05, 4.69) is 5.32 Å². The molecule has 2 unspecified atom stereocenters. The van der Waals surface area contributed by atoms with Crippen molar-refractivity contribution in [1.82, 2.24) is 10.2 Å². The fourth-order valence-electron chi connectivity index (χ4n) is 2.37. The van der Waals surface area contributed by atoms with Crippen molar-refractivity contribution >= 4 is 11.8 Å². The van der Waals surface area contributed by atoms with Gasteiger partial charge in [-0.2, -0.15) is 0 Å². The molecule has 0 aliphatic carbocycles. The molecule has 17 heavy (non-hydrogen) atoms. The third-order valence-corrected chi connectivity index (χ3v) is 3.50. The van der Waals surface area contributed by atoms with Gasteiger partial charge in [0, 0.05) is 32.7 Å². The maximum atomic E-state index is 12.0. The van der Waals surface area contributed by atoms with Crippen LogP contribution in [0.25, 0.3) is 0 Å². The second-order valence-electron chi connectivity index (χ2n) is 4.88. The Balaban J connectivity index is 1.85. The second-order valence-corrected chi connectivity index (χ2v) is 4.88. The van der Waals surface area contributed by atoms with Gasteiger partial charge >= 0.3 is 0 Å². The zero-order valence-electron chi connectivity index (χ0n) is 10.3. The number of rotatable bonds is 3. The van der Waals surface area contributed by atoms with Crippen molar-refractivity contribution in [1.29, 1.82) is 0 Å². The lowest BCUT2D eigenvalue weighted by Crippen LogP contribution is -2.43. The Morgan fingerprint density at radius 1 is 1.47 bits per heavy atom. The lowest BCUT2D eigenvalue weighted by Gasteiger charge is -2.23. The predicted molar refractivity (Wildman–Crippen MR) is 62.3 cm³/mol. The van der Waals surface area contributed by atoms with Crippen molar-refractivity contribution in [2.24, 2.45) is 5.92 Å². The molecule has 0 aromatic carbocycles. The van der Waals surface area contributed by atoms with Gasteiger partial charge in [-0.15, -0.1) is 0 Å². The summed E-state index contributed by atoms with van der Waals surface area (Å²) < 4.78 is 5.32. The van der Waals surface area contributed by atoms with Gasteiger partial charge in [-0.3, -0.25) is 9.59 Å². The van der Waals surface area contributed by atoms with Gasteiger partial charge in [0.05, 0.1) is 0 Å². The first-order chi connectivity index (χ1) is 8.16. The van der Waals surface area contributed by atoms with Gasteiger partial charge < -0.3 is 15.0 Å². The number of hydrogen-bond acceptors (Lipinski definition) is 3. The zero-order valence-corrected chi connectivity index (χ0v) is 10.3. The second kappa shape index (κ2) is 5.49. The van der Waals surface area contributed by atoms with Gasteiger partial charge in [0.2, 0.25) is 11.8 Å². The van der Waals surface area contributed by atoms with E-state index in [1.54, 1.807) is 11.8 Å².